The van der Waals surface area contributed by atoms with E-state index in [1.165, 1.54) is 11.3 Å². The lowest BCUT2D eigenvalue weighted by Gasteiger charge is -2.37. The lowest BCUT2D eigenvalue weighted by molar-refractivity contribution is 0.0658. The first-order valence-corrected chi connectivity index (χ1v) is 9.97. The molecule has 0 radical (unpaired) electrons. The number of β-amino-alcohol motifs (C(OH)–C–C–N with tert-alkyl or cyclic N) is 1. The molecule has 5 nitrogen and oxygen atoms in total. The van der Waals surface area contributed by atoms with Crippen LogP contribution in [0.4, 0.5) is 5.69 Å². The monoisotopic (exact) mass is 384 g/mol. The number of rotatable bonds is 7. The summed E-state index contributed by atoms with van der Waals surface area (Å²) in [6.07, 6.45) is -0.498. The molecule has 0 saturated carbocycles. The van der Waals surface area contributed by atoms with E-state index in [-0.39, 0.29) is 0 Å². The van der Waals surface area contributed by atoms with Crippen molar-refractivity contribution in [3.63, 3.8) is 0 Å². The van der Waals surface area contributed by atoms with Gasteiger partial charge in [0, 0.05) is 44.5 Å². The van der Waals surface area contributed by atoms with E-state index in [2.05, 4.69) is 47.9 Å². The van der Waals surface area contributed by atoms with Crippen molar-refractivity contribution in [1.82, 2.24) is 4.90 Å². The number of hydrogen-bond donors (Lipinski definition) is 1. The molecule has 28 heavy (non-hydrogen) atoms. The predicted octanol–water partition coefficient (Wildman–Crippen LogP) is 3.18. The van der Waals surface area contributed by atoms with Gasteiger partial charge in [0.25, 0.3) is 0 Å². The van der Waals surface area contributed by atoms with E-state index in [1.807, 2.05) is 19.1 Å². The van der Waals surface area contributed by atoms with Gasteiger partial charge in [-0.3, -0.25) is 4.90 Å². The second kappa shape index (κ2) is 9.30. The Kier molecular flexibility index (Phi) is 6.81. The van der Waals surface area contributed by atoms with Crippen molar-refractivity contribution in [3.8, 4) is 11.5 Å². The van der Waals surface area contributed by atoms with Crippen LogP contribution >= 0.6 is 0 Å². The third kappa shape index (κ3) is 4.97. The molecule has 1 saturated heterocycles. The van der Waals surface area contributed by atoms with Crippen LogP contribution < -0.4 is 14.4 Å². The van der Waals surface area contributed by atoms with Gasteiger partial charge in [0.1, 0.15) is 24.2 Å². The lowest BCUT2D eigenvalue weighted by Crippen LogP contribution is -2.49. The molecule has 1 aliphatic rings. The van der Waals surface area contributed by atoms with Crippen molar-refractivity contribution in [1.29, 1.82) is 0 Å². The third-order valence-electron chi connectivity index (χ3n) is 5.55. The smallest absolute Gasteiger partial charge is 0.125 e. The number of aliphatic hydroxyl groups is 1. The molecule has 0 amide bonds. The van der Waals surface area contributed by atoms with Crippen LogP contribution in [0.1, 0.15) is 16.7 Å². The molecule has 0 spiro atoms. The summed E-state index contributed by atoms with van der Waals surface area (Å²) in [5.74, 6) is 1.79. The highest BCUT2D eigenvalue weighted by atomic mass is 16.5. The second-order valence-corrected chi connectivity index (χ2v) is 7.61. The van der Waals surface area contributed by atoms with E-state index < -0.39 is 6.10 Å². The molecule has 3 rings (SSSR count). The van der Waals surface area contributed by atoms with Gasteiger partial charge < -0.3 is 19.5 Å². The summed E-state index contributed by atoms with van der Waals surface area (Å²) in [6.45, 7) is 10.9. The van der Waals surface area contributed by atoms with Crippen LogP contribution in [0.2, 0.25) is 0 Å². The molecular weight excluding hydrogens is 352 g/mol. The fourth-order valence-electron chi connectivity index (χ4n) is 3.67. The predicted molar refractivity (Wildman–Crippen MR) is 114 cm³/mol. The summed E-state index contributed by atoms with van der Waals surface area (Å²) < 4.78 is 11.3. The Morgan fingerprint density at radius 1 is 1.00 bits per heavy atom. The first kappa shape index (κ1) is 20.5. The SMILES string of the molecule is COc1cccc(N2CCN(CC(O)COc3c(C)ccc(C)c3C)CC2)c1. The highest BCUT2D eigenvalue weighted by molar-refractivity contribution is 5.51. The minimum Gasteiger partial charge on any atom is -0.497 e. The molecule has 1 heterocycles. The quantitative estimate of drug-likeness (QED) is 0.794. The number of hydrogen-bond acceptors (Lipinski definition) is 5. The van der Waals surface area contributed by atoms with Gasteiger partial charge in [-0.2, -0.15) is 0 Å². The van der Waals surface area contributed by atoms with Crippen molar-refractivity contribution in [2.45, 2.75) is 26.9 Å². The lowest BCUT2D eigenvalue weighted by atomic mass is 10.1. The van der Waals surface area contributed by atoms with Gasteiger partial charge in [-0.25, -0.2) is 0 Å². The number of piperazine rings is 1. The number of nitrogens with zero attached hydrogens (tertiary/aromatic N) is 2. The van der Waals surface area contributed by atoms with E-state index in [9.17, 15) is 5.11 Å². The van der Waals surface area contributed by atoms with E-state index >= 15 is 0 Å². The van der Waals surface area contributed by atoms with Crippen molar-refractivity contribution < 1.29 is 14.6 Å². The fourth-order valence-corrected chi connectivity index (χ4v) is 3.67. The first-order valence-electron chi connectivity index (χ1n) is 9.97. The summed E-state index contributed by atoms with van der Waals surface area (Å²) in [6, 6.07) is 12.4. The van der Waals surface area contributed by atoms with Gasteiger partial charge >= 0.3 is 0 Å². The molecule has 5 heteroatoms. The minimum atomic E-state index is -0.498. The van der Waals surface area contributed by atoms with Crippen LogP contribution in [-0.2, 0) is 0 Å². The summed E-state index contributed by atoms with van der Waals surface area (Å²) in [7, 11) is 1.69. The maximum atomic E-state index is 10.5. The summed E-state index contributed by atoms with van der Waals surface area (Å²) in [4.78, 5) is 4.67. The molecule has 0 aliphatic carbocycles. The van der Waals surface area contributed by atoms with Gasteiger partial charge in [0.05, 0.1) is 7.11 Å². The van der Waals surface area contributed by atoms with Crippen LogP contribution in [0.25, 0.3) is 0 Å². The molecule has 152 valence electrons. The highest BCUT2D eigenvalue weighted by Gasteiger charge is 2.20. The Hall–Kier alpha value is -2.24. The van der Waals surface area contributed by atoms with Crippen molar-refractivity contribution in [3.05, 3.63) is 53.1 Å². The van der Waals surface area contributed by atoms with Crippen LogP contribution in [0.3, 0.4) is 0 Å². The molecular formula is C23H32N2O3. The van der Waals surface area contributed by atoms with Crippen LogP contribution in [0.15, 0.2) is 36.4 Å². The second-order valence-electron chi connectivity index (χ2n) is 7.61. The fraction of sp³-hybridized carbons (Fsp3) is 0.478. The van der Waals surface area contributed by atoms with Crippen molar-refractivity contribution >= 4 is 5.69 Å². The molecule has 1 aliphatic heterocycles. The number of benzene rings is 2. The average molecular weight is 385 g/mol. The molecule has 0 aromatic heterocycles. The number of ether oxygens (including phenoxy) is 2. The average Bonchev–Trinajstić information content (AvgIpc) is 2.71. The summed E-state index contributed by atoms with van der Waals surface area (Å²) in [5.41, 5.74) is 4.67. The molecule has 1 N–H and O–H groups in total. The molecule has 2 aromatic rings. The van der Waals surface area contributed by atoms with Crippen molar-refractivity contribution in [2.75, 3.05) is 51.3 Å². The van der Waals surface area contributed by atoms with E-state index in [4.69, 9.17) is 9.47 Å². The molecule has 1 fully saturated rings. The van der Waals surface area contributed by atoms with Crippen LogP contribution in [0.5, 0.6) is 11.5 Å². The maximum absolute atomic E-state index is 10.5. The Labute approximate surface area is 168 Å². The van der Waals surface area contributed by atoms with Crippen LogP contribution in [0, 0.1) is 20.8 Å². The Bertz CT molecular complexity index is 785. The Morgan fingerprint density at radius 2 is 1.71 bits per heavy atom. The maximum Gasteiger partial charge on any atom is 0.125 e. The molecule has 2 aromatic carbocycles. The van der Waals surface area contributed by atoms with E-state index in [0.29, 0.717) is 13.2 Å². The Balaban J connectivity index is 1.47. The first-order chi connectivity index (χ1) is 13.5. The largest absolute Gasteiger partial charge is 0.497 e. The highest BCUT2D eigenvalue weighted by Crippen LogP contribution is 2.26. The molecule has 1 atom stereocenters. The van der Waals surface area contributed by atoms with E-state index in [0.717, 1.165) is 48.8 Å². The minimum absolute atomic E-state index is 0.321. The topological polar surface area (TPSA) is 45.2 Å². The van der Waals surface area contributed by atoms with E-state index in [1.54, 1.807) is 7.11 Å². The number of anilines is 1. The van der Waals surface area contributed by atoms with Crippen LogP contribution in [-0.4, -0.2) is 62.6 Å². The molecule has 1 unspecified atom stereocenters. The Morgan fingerprint density at radius 3 is 2.43 bits per heavy atom. The number of aliphatic hydroxyl groups excluding tert-OH is 1. The van der Waals surface area contributed by atoms with Gasteiger partial charge in [0.2, 0.25) is 0 Å². The van der Waals surface area contributed by atoms with Crippen molar-refractivity contribution in [2.24, 2.45) is 0 Å². The van der Waals surface area contributed by atoms with Gasteiger partial charge in [-0.05, 0) is 49.6 Å². The zero-order valence-corrected chi connectivity index (χ0v) is 17.4. The van der Waals surface area contributed by atoms with Gasteiger partial charge in [-0.15, -0.1) is 0 Å². The summed E-state index contributed by atoms with van der Waals surface area (Å²) in [5, 5.41) is 10.5. The van der Waals surface area contributed by atoms with Gasteiger partial charge in [0.15, 0.2) is 0 Å². The standard InChI is InChI=1S/C23H32N2O3/c1-17-8-9-18(2)23(19(17)3)28-16-21(26)15-24-10-12-25(13-11-24)20-6-5-7-22(14-20)27-4/h5-9,14,21,26H,10-13,15-16H2,1-4H3. The normalized spacial score (nSPS) is 16.1. The molecule has 0 bridgehead atoms. The number of aryl methyl sites for hydroxylation is 2. The zero-order chi connectivity index (χ0) is 20.1. The van der Waals surface area contributed by atoms with Gasteiger partial charge in [-0.1, -0.05) is 18.2 Å². The summed E-state index contributed by atoms with van der Waals surface area (Å²) >= 11 is 0. The number of methoxy groups -OCH3 is 1. The third-order valence-corrected chi connectivity index (χ3v) is 5.55. The zero-order valence-electron chi connectivity index (χ0n) is 17.4.